The number of amides is 1. The van der Waals surface area contributed by atoms with Crippen LogP contribution in [-0.2, 0) is 7.05 Å². The maximum atomic E-state index is 11.6. The van der Waals surface area contributed by atoms with E-state index in [9.17, 15) is 9.59 Å². The smallest absolute Gasteiger partial charge is 0.276 e. The molecule has 0 bridgehead atoms. The Hall–Kier alpha value is -1.52. The number of rotatable bonds is 3. The van der Waals surface area contributed by atoms with E-state index in [0.717, 1.165) is 0 Å². The van der Waals surface area contributed by atoms with Crippen LogP contribution in [0.5, 0.6) is 0 Å². The molecule has 1 aromatic rings. The Kier molecular flexibility index (Phi) is 3.34. The lowest BCUT2D eigenvalue weighted by Crippen LogP contribution is -2.37. The second-order valence-electron chi connectivity index (χ2n) is 4.10. The van der Waals surface area contributed by atoms with Crippen molar-refractivity contribution in [2.24, 2.45) is 13.0 Å². The minimum Gasteiger partial charge on any atom is -0.349 e. The van der Waals surface area contributed by atoms with Crippen LogP contribution in [0.1, 0.15) is 31.1 Å². The summed E-state index contributed by atoms with van der Waals surface area (Å²) in [4.78, 5) is 22.9. The van der Waals surface area contributed by atoms with Crippen LogP contribution in [0.4, 0.5) is 0 Å². The third-order valence-electron chi connectivity index (χ3n) is 2.45. The van der Waals surface area contributed by atoms with E-state index in [1.54, 1.807) is 7.05 Å². The van der Waals surface area contributed by atoms with Gasteiger partial charge in [-0.15, -0.1) is 0 Å². The Morgan fingerprint density at radius 3 is 2.47 bits per heavy atom. The number of carbonyl (C=O) groups is 1. The zero-order valence-electron chi connectivity index (χ0n) is 9.50. The van der Waals surface area contributed by atoms with Crippen molar-refractivity contribution >= 4 is 5.91 Å². The number of hydrogen-bond donors (Lipinski definition) is 2. The van der Waals surface area contributed by atoms with Crippen molar-refractivity contribution in [2.45, 2.75) is 26.8 Å². The fourth-order valence-electron chi connectivity index (χ4n) is 1.12. The highest BCUT2D eigenvalue weighted by Gasteiger charge is 2.16. The van der Waals surface area contributed by atoms with Crippen LogP contribution in [-0.4, -0.2) is 21.7 Å². The van der Waals surface area contributed by atoms with Crippen LogP contribution in [0.25, 0.3) is 0 Å². The molecule has 0 spiro atoms. The fraction of sp³-hybridized carbons (Fsp3) is 0.600. The molecule has 0 saturated carbocycles. The molecule has 1 rings (SSSR count). The van der Waals surface area contributed by atoms with Crippen molar-refractivity contribution in [1.82, 2.24) is 15.1 Å². The van der Waals surface area contributed by atoms with Crippen molar-refractivity contribution in [2.75, 3.05) is 0 Å². The van der Waals surface area contributed by atoms with Gasteiger partial charge in [-0.3, -0.25) is 19.4 Å². The molecule has 0 fully saturated rings. The molecule has 0 radical (unpaired) electrons. The average molecular weight is 211 g/mol. The van der Waals surface area contributed by atoms with E-state index >= 15 is 0 Å². The highest BCUT2D eigenvalue weighted by Crippen LogP contribution is 2.01. The third-order valence-corrected chi connectivity index (χ3v) is 2.45. The zero-order chi connectivity index (χ0) is 11.6. The van der Waals surface area contributed by atoms with Crippen molar-refractivity contribution in [3.63, 3.8) is 0 Å². The summed E-state index contributed by atoms with van der Waals surface area (Å²) in [5.74, 6) is 0.0230. The molecule has 2 N–H and O–H groups in total. The van der Waals surface area contributed by atoms with Gasteiger partial charge in [-0.25, -0.2) is 0 Å². The first-order valence-corrected chi connectivity index (χ1v) is 4.98. The molecule has 15 heavy (non-hydrogen) atoms. The number of carbonyl (C=O) groups excluding carboxylic acids is 1. The SMILES string of the molecule is CC(C)C(C)NC(=O)c1cn(C)[nH]c1=O. The maximum Gasteiger partial charge on any atom is 0.276 e. The second-order valence-corrected chi connectivity index (χ2v) is 4.10. The molecule has 84 valence electrons. The molecule has 0 saturated heterocycles. The number of aryl methyl sites for hydroxylation is 1. The van der Waals surface area contributed by atoms with Gasteiger partial charge in [-0.05, 0) is 12.8 Å². The predicted octanol–water partition coefficient (Wildman–Crippen LogP) is 0.488. The summed E-state index contributed by atoms with van der Waals surface area (Å²) < 4.78 is 1.47. The van der Waals surface area contributed by atoms with E-state index in [1.807, 2.05) is 20.8 Å². The van der Waals surface area contributed by atoms with Gasteiger partial charge in [0, 0.05) is 19.3 Å². The van der Waals surface area contributed by atoms with Gasteiger partial charge in [-0.2, -0.15) is 0 Å². The molecule has 5 heteroatoms. The molecule has 0 aliphatic carbocycles. The Labute approximate surface area is 88.5 Å². The zero-order valence-corrected chi connectivity index (χ0v) is 9.50. The van der Waals surface area contributed by atoms with Crippen molar-refractivity contribution < 1.29 is 4.79 Å². The Balaban J connectivity index is 2.78. The van der Waals surface area contributed by atoms with Gasteiger partial charge in [0.15, 0.2) is 0 Å². The number of hydrogen-bond acceptors (Lipinski definition) is 2. The Morgan fingerprint density at radius 2 is 2.07 bits per heavy atom. The summed E-state index contributed by atoms with van der Waals surface area (Å²) in [5, 5.41) is 5.27. The monoisotopic (exact) mass is 211 g/mol. The first kappa shape index (κ1) is 11.6. The first-order chi connectivity index (χ1) is 6.91. The van der Waals surface area contributed by atoms with Gasteiger partial charge >= 0.3 is 0 Å². The summed E-state index contributed by atoms with van der Waals surface area (Å²) in [5.41, 5.74) is -0.198. The average Bonchev–Trinajstić information content (AvgIpc) is 2.44. The second kappa shape index (κ2) is 4.33. The van der Waals surface area contributed by atoms with Gasteiger partial charge < -0.3 is 5.32 Å². The van der Waals surface area contributed by atoms with Crippen LogP contribution in [0.2, 0.25) is 0 Å². The molecule has 0 aromatic carbocycles. The van der Waals surface area contributed by atoms with Crippen LogP contribution in [0.3, 0.4) is 0 Å². The van der Waals surface area contributed by atoms with Crippen molar-refractivity contribution in [3.8, 4) is 0 Å². The lowest BCUT2D eigenvalue weighted by atomic mass is 10.1. The number of nitrogens with zero attached hydrogens (tertiary/aromatic N) is 1. The van der Waals surface area contributed by atoms with E-state index in [-0.39, 0.29) is 23.1 Å². The van der Waals surface area contributed by atoms with E-state index < -0.39 is 0 Å². The molecular weight excluding hydrogens is 194 g/mol. The lowest BCUT2D eigenvalue weighted by Gasteiger charge is -2.16. The Bertz CT molecular complexity index is 403. The quantitative estimate of drug-likeness (QED) is 0.764. The van der Waals surface area contributed by atoms with Gasteiger partial charge in [0.2, 0.25) is 0 Å². The first-order valence-electron chi connectivity index (χ1n) is 4.98. The van der Waals surface area contributed by atoms with Gasteiger partial charge in [-0.1, -0.05) is 13.8 Å². The van der Waals surface area contributed by atoms with E-state index in [1.165, 1.54) is 10.9 Å². The molecule has 0 aliphatic rings. The summed E-state index contributed by atoms with van der Waals surface area (Å²) in [7, 11) is 1.67. The van der Waals surface area contributed by atoms with Gasteiger partial charge in [0.1, 0.15) is 5.56 Å². The molecule has 1 amide bonds. The minimum absolute atomic E-state index is 0.0529. The predicted molar refractivity (Wildman–Crippen MR) is 57.8 cm³/mol. The number of aromatic amines is 1. The van der Waals surface area contributed by atoms with Crippen LogP contribution in [0.15, 0.2) is 11.0 Å². The molecule has 1 unspecified atom stereocenters. The normalized spacial score (nSPS) is 12.9. The molecule has 1 aromatic heterocycles. The maximum absolute atomic E-state index is 11.6. The fourth-order valence-corrected chi connectivity index (χ4v) is 1.12. The summed E-state index contributed by atoms with van der Waals surface area (Å²) in [6.45, 7) is 5.94. The highest BCUT2D eigenvalue weighted by molar-refractivity contribution is 5.93. The van der Waals surface area contributed by atoms with Crippen molar-refractivity contribution in [1.29, 1.82) is 0 Å². The number of nitrogens with one attached hydrogen (secondary N) is 2. The molecule has 1 heterocycles. The standard InChI is InChI=1S/C10H17N3O2/c1-6(2)7(3)11-9(14)8-5-13(4)12-10(8)15/h5-7H,1-4H3,(H,11,14)(H,12,15). The molecule has 0 aliphatic heterocycles. The van der Waals surface area contributed by atoms with E-state index in [2.05, 4.69) is 10.4 Å². The molecule has 5 nitrogen and oxygen atoms in total. The number of H-pyrrole nitrogens is 1. The summed E-state index contributed by atoms with van der Waals surface area (Å²) in [6, 6.07) is 0.0529. The number of aromatic nitrogens is 2. The molecular formula is C10H17N3O2. The molecule has 1 atom stereocenters. The van der Waals surface area contributed by atoms with Crippen molar-refractivity contribution in [3.05, 3.63) is 22.1 Å². The van der Waals surface area contributed by atoms with Gasteiger partial charge in [0.25, 0.3) is 11.5 Å². The van der Waals surface area contributed by atoms with Crippen LogP contribution in [0, 0.1) is 5.92 Å². The van der Waals surface area contributed by atoms with E-state index in [4.69, 9.17) is 0 Å². The summed E-state index contributed by atoms with van der Waals surface area (Å²) in [6.07, 6.45) is 1.49. The topological polar surface area (TPSA) is 66.9 Å². The van der Waals surface area contributed by atoms with Gasteiger partial charge in [0.05, 0.1) is 0 Å². The summed E-state index contributed by atoms with van der Waals surface area (Å²) >= 11 is 0. The van der Waals surface area contributed by atoms with Crippen LogP contribution < -0.4 is 10.9 Å². The minimum atomic E-state index is -0.356. The largest absolute Gasteiger partial charge is 0.349 e. The highest BCUT2D eigenvalue weighted by atomic mass is 16.2. The van der Waals surface area contributed by atoms with Crippen LogP contribution >= 0.6 is 0 Å². The third kappa shape index (κ3) is 2.71. The Morgan fingerprint density at radius 1 is 1.47 bits per heavy atom. The lowest BCUT2D eigenvalue weighted by molar-refractivity contribution is 0.0929. The van der Waals surface area contributed by atoms with E-state index in [0.29, 0.717) is 5.92 Å².